The molecule has 0 radical (unpaired) electrons. The van der Waals surface area contributed by atoms with Crippen LogP contribution in [0.3, 0.4) is 0 Å². The lowest BCUT2D eigenvalue weighted by Crippen LogP contribution is -2.29. The highest BCUT2D eigenvalue weighted by Crippen LogP contribution is 2.23. The molecule has 1 aliphatic rings. The van der Waals surface area contributed by atoms with Gasteiger partial charge in [-0.25, -0.2) is 0 Å². The highest BCUT2D eigenvalue weighted by molar-refractivity contribution is 5.96. The highest BCUT2D eigenvalue weighted by Gasteiger charge is 2.26. The Morgan fingerprint density at radius 1 is 1.56 bits per heavy atom. The van der Waals surface area contributed by atoms with E-state index in [0.717, 1.165) is 0 Å². The number of carbonyl (C=O) groups is 1. The fourth-order valence-electron chi connectivity index (χ4n) is 1.96. The Hall–Kier alpha value is -2.15. The van der Waals surface area contributed by atoms with Crippen LogP contribution >= 0.6 is 0 Å². The number of nitro benzene ring substituents is 1. The van der Waals surface area contributed by atoms with Crippen LogP contribution < -0.4 is 5.73 Å². The maximum Gasteiger partial charge on any atom is 0.292 e. The third-order valence-electron chi connectivity index (χ3n) is 2.92. The SMILES string of the molecule is Nc1cc(C(=O)N2CCC(O)C2)ccc1[N+](=O)[O-]. The van der Waals surface area contributed by atoms with Gasteiger partial charge in [0.1, 0.15) is 5.69 Å². The lowest BCUT2D eigenvalue weighted by molar-refractivity contribution is -0.383. The second-order valence-electron chi connectivity index (χ2n) is 4.22. The van der Waals surface area contributed by atoms with E-state index in [0.29, 0.717) is 18.5 Å². The second kappa shape index (κ2) is 4.61. The van der Waals surface area contributed by atoms with Crippen molar-refractivity contribution in [2.45, 2.75) is 12.5 Å². The molecule has 0 aromatic heterocycles. The van der Waals surface area contributed by atoms with Gasteiger partial charge in [0.05, 0.1) is 11.0 Å². The third kappa shape index (κ3) is 2.25. The maximum atomic E-state index is 12.0. The van der Waals surface area contributed by atoms with Gasteiger partial charge >= 0.3 is 0 Å². The van der Waals surface area contributed by atoms with Gasteiger partial charge in [-0.05, 0) is 18.6 Å². The molecule has 1 aromatic rings. The van der Waals surface area contributed by atoms with Gasteiger partial charge in [0.2, 0.25) is 0 Å². The number of nitro groups is 1. The highest BCUT2D eigenvalue weighted by atomic mass is 16.6. The predicted molar refractivity (Wildman–Crippen MR) is 64.0 cm³/mol. The Bertz CT molecular complexity index is 503. The zero-order chi connectivity index (χ0) is 13.3. The lowest BCUT2D eigenvalue weighted by Gasteiger charge is -2.15. The van der Waals surface area contributed by atoms with Gasteiger partial charge in [0.25, 0.3) is 11.6 Å². The normalized spacial score (nSPS) is 18.9. The minimum atomic E-state index is -0.594. The van der Waals surface area contributed by atoms with E-state index in [4.69, 9.17) is 5.73 Å². The number of nitrogens with zero attached hydrogens (tertiary/aromatic N) is 2. The minimum Gasteiger partial charge on any atom is -0.393 e. The summed E-state index contributed by atoms with van der Waals surface area (Å²) in [7, 11) is 0. The van der Waals surface area contributed by atoms with E-state index in [1.165, 1.54) is 23.1 Å². The van der Waals surface area contributed by atoms with Crippen LogP contribution in [0.5, 0.6) is 0 Å². The van der Waals surface area contributed by atoms with Crippen molar-refractivity contribution in [3.8, 4) is 0 Å². The van der Waals surface area contributed by atoms with Crippen molar-refractivity contribution >= 4 is 17.3 Å². The number of β-amino-alcohol motifs (C(OH)–C–C–N with tert-alkyl or cyclic N) is 1. The van der Waals surface area contributed by atoms with E-state index >= 15 is 0 Å². The first-order chi connectivity index (χ1) is 8.49. The lowest BCUT2D eigenvalue weighted by atomic mass is 10.1. The molecule has 0 aliphatic carbocycles. The fourth-order valence-corrected chi connectivity index (χ4v) is 1.96. The van der Waals surface area contributed by atoms with Gasteiger partial charge in [-0.15, -0.1) is 0 Å². The van der Waals surface area contributed by atoms with E-state index in [9.17, 15) is 20.0 Å². The Labute approximate surface area is 103 Å². The molecule has 2 rings (SSSR count). The van der Waals surface area contributed by atoms with Crippen molar-refractivity contribution in [1.82, 2.24) is 4.90 Å². The third-order valence-corrected chi connectivity index (χ3v) is 2.92. The summed E-state index contributed by atoms with van der Waals surface area (Å²) in [5.41, 5.74) is 5.57. The summed E-state index contributed by atoms with van der Waals surface area (Å²) in [5, 5.41) is 20.0. The molecule has 0 saturated carbocycles. The van der Waals surface area contributed by atoms with E-state index in [1.807, 2.05) is 0 Å². The number of nitrogen functional groups attached to an aromatic ring is 1. The fraction of sp³-hybridized carbons (Fsp3) is 0.364. The van der Waals surface area contributed by atoms with Crippen molar-refractivity contribution < 1.29 is 14.8 Å². The number of aliphatic hydroxyl groups is 1. The van der Waals surface area contributed by atoms with E-state index < -0.39 is 11.0 Å². The molecule has 0 spiro atoms. The van der Waals surface area contributed by atoms with Crippen molar-refractivity contribution in [1.29, 1.82) is 0 Å². The molecule has 1 aliphatic heterocycles. The van der Waals surface area contributed by atoms with Gasteiger partial charge in [0.15, 0.2) is 0 Å². The number of benzene rings is 1. The summed E-state index contributed by atoms with van der Waals surface area (Å²) in [5.74, 6) is -0.270. The number of rotatable bonds is 2. The van der Waals surface area contributed by atoms with Gasteiger partial charge in [-0.3, -0.25) is 14.9 Å². The molecule has 1 amide bonds. The van der Waals surface area contributed by atoms with E-state index in [2.05, 4.69) is 0 Å². The first kappa shape index (κ1) is 12.3. The zero-order valence-electron chi connectivity index (χ0n) is 9.57. The van der Waals surface area contributed by atoms with Crippen LogP contribution in [0.25, 0.3) is 0 Å². The molecular weight excluding hydrogens is 238 g/mol. The molecule has 1 atom stereocenters. The van der Waals surface area contributed by atoms with Crippen LogP contribution in [0.15, 0.2) is 18.2 Å². The number of amides is 1. The van der Waals surface area contributed by atoms with Crippen molar-refractivity contribution in [2.75, 3.05) is 18.8 Å². The van der Waals surface area contributed by atoms with Crippen molar-refractivity contribution in [3.63, 3.8) is 0 Å². The van der Waals surface area contributed by atoms with Crippen LogP contribution in [-0.2, 0) is 0 Å². The average molecular weight is 251 g/mol. The van der Waals surface area contributed by atoms with Crippen molar-refractivity contribution in [2.24, 2.45) is 0 Å². The molecule has 1 unspecified atom stereocenters. The number of hydrogen-bond acceptors (Lipinski definition) is 5. The Morgan fingerprint density at radius 2 is 2.28 bits per heavy atom. The Kier molecular flexibility index (Phi) is 3.15. The van der Waals surface area contributed by atoms with E-state index in [1.54, 1.807) is 0 Å². The standard InChI is InChI=1S/C11H13N3O4/c12-9-5-7(1-2-10(9)14(17)18)11(16)13-4-3-8(15)6-13/h1-2,5,8,15H,3-4,6,12H2. The van der Waals surface area contributed by atoms with Gasteiger partial charge in [0, 0.05) is 24.7 Å². The quantitative estimate of drug-likeness (QED) is 0.448. The van der Waals surface area contributed by atoms with Gasteiger partial charge < -0.3 is 15.7 Å². The summed E-state index contributed by atoms with van der Waals surface area (Å²) in [6.45, 7) is 0.770. The molecule has 1 heterocycles. The Balaban J connectivity index is 2.21. The number of anilines is 1. The molecule has 7 nitrogen and oxygen atoms in total. The zero-order valence-corrected chi connectivity index (χ0v) is 9.57. The molecule has 18 heavy (non-hydrogen) atoms. The monoisotopic (exact) mass is 251 g/mol. The molecule has 1 aromatic carbocycles. The summed E-state index contributed by atoms with van der Waals surface area (Å²) in [6, 6.07) is 3.89. The number of likely N-dealkylation sites (tertiary alicyclic amines) is 1. The van der Waals surface area contributed by atoms with Crippen LogP contribution in [0.2, 0.25) is 0 Å². The minimum absolute atomic E-state index is 0.0365. The first-order valence-electron chi connectivity index (χ1n) is 5.50. The van der Waals surface area contributed by atoms with Crippen molar-refractivity contribution in [3.05, 3.63) is 33.9 Å². The largest absolute Gasteiger partial charge is 0.393 e. The molecule has 1 saturated heterocycles. The van der Waals surface area contributed by atoms with Crippen LogP contribution in [0, 0.1) is 10.1 Å². The van der Waals surface area contributed by atoms with Crippen LogP contribution in [-0.4, -0.2) is 40.0 Å². The average Bonchev–Trinajstić information content (AvgIpc) is 2.74. The Morgan fingerprint density at radius 3 is 2.78 bits per heavy atom. The summed E-state index contributed by atoms with van der Waals surface area (Å²) in [6.07, 6.45) is 0.0538. The number of hydrogen-bond donors (Lipinski definition) is 2. The second-order valence-corrected chi connectivity index (χ2v) is 4.22. The van der Waals surface area contributed by atoms with Gasteiger partial charge in [-0.2, -0.15) is 0 Å². The summed E-state index contributed by atoms with van der Waals surface area (Å²) < 4.78 is 0. The number of aliphatic hydroxyl groups excluding tert-OH is 1. The topological polar surface area (TPSA) is 110 Å². The van der Waals surface area contributed by atoms with Crippen LogP contribution in [0.1, 0.15) is 16.8 Å². The maximum absolute atomic E-state index is 12.0. The molecule has 7 heteroatoms. The molecule has 3 N–H and O–H groups in total. The number of carbonyl (C=O) groups excluding carboxylic acids is 1. The summed E-state index contributed by atoms with van der Waals surface area (Å²) >= 11 is 0. The molecule has 1 fully saturated rings. The van der Waals surface area contributed by atoms with Crippen LogP contribution in [0.4, 0.5) is 11.4 Å². The van der Waals surface area contributed by atoms with E-state index in [-0.39, 0.29) is 23.8 Å². The van der Waals surface area contributed by atoms with Gasteiger partial charge in [-0.1, -0.05) is 0 Å². The first-order valence-corrected chi connectivity index (χ1v) is 5.50. The number of nitrogens with two attached hydrogens (primary N) is 1. The summed E-state index contributed by atoms with van der Waals surface area (Å²) in [4.78, 5) is 23.5. The predicted octanol–water partition coefficient (Wildman–Crippen LogP) is 0.384. The molecule has 96 valence electrons. The smallest absolute Gasteiger partial charge is 0.292 e. The molecular formula is C11H13N3O4. The molecule has 0 bridgehead atoms.